The lowest BCUT2D eigenvalue weighted by Crippen LogP contribution is -2.37. The van der Waals surface area contributed by atoms with Crippen molar-refractivity contribution in [2.75, 3.05) is 0 Å². The summed E-state index contributed by atoms with van der Waals surface area (Å²) < 4.78 is 0. The Morgan fingerprint density at radius 1 is 1.17 bits per heavy atom. The van der Waals surface area contributed by atoms with Crippen LogP contribution in [0.3, 0.4) is 0 Å². The molecule has 0 aliphatic heterocycles. The first kappa shape index (κ1) is 18.3. The van der Waals surface area contributed by atoms with Gasteiger partial charge in [0.1, 0.15) is 0 Å². The van der Waals surface area contributed by atoms with Crippen LogP contribution in [0.1, 0.15) is 70.9 Å². The van der Waals surface area contributed by atoms with E-state index in [0.717, 1.165) is 18.3 Å². The molecule has 23 heavy (non-hydrogen) atoms. The number of benzene rings is 1. The maximum Gasteiger partial charge on any atom is -0.0123 e. The average molecular weight is 313 g/mol. The Morgan fingerprint density at radius 2 is 1.83 bits per heavy atom. The van der Waals surface area contributed by atoms with Gasteiger partial charge in [0.2, 0.25) is 0 Å². The lowest BCUT2D eigenvalue weighted by Gasteiger charge is -2.47. The van der Waals surface area contributed by atoms with E-state index in [4.69, 9.17) is 0 Å². The van der Waals surface area contributed by atoms with E-state index in [2.05, 4.69) is 71.5 Å². The van der Waals surface area contributed by atoms with Crippen molar-refractivity contribution in [1.82, 2.24) is 0 Å². The third-order valence-corrected chi connectivity index (χ3v) is 6.80. The van der Waals surface area contributed by atoms with Crippen molar-refractivity contribution in [2.24, 2.45) is 22.7 Å². The smallest absolute Gasteiger partial charge is 0.0123 e. The van der Waals surface area contributed by atoms with E-state index >= 15 is 0 Å². The zero-order chi connectivity index (χ0) is 17.1. The molecule has 3 atom stereocenters. The van der Waals surface area contributed by atoms with E-state index in [-0.39, 0.29) is 0 Å². The van der Waals surface area contributed by atoms with Gasteiger partial charge >= 0.3 is 0 Å². The maximum absolute atomic E-state index is 4.01. The molecule has 0 aromatic heterocycles. The van der Waals surface area contributed by atoms with Gasteiger partial charge in [0.05, 0.1) is 0 Å². The van der Waals surface area contributed by atoms with Gasteiger partial charge in [-0.15, -0.1) is 6.58 Å². The van der Waals surface area contributed by atoms with Crippen LogP contribution in [0.2, 0.25) is 0 Å². The number of aryl methyl sites for hydroxylation is 2. The number of hydrogen-bond donors (Lipinski definition) is 0. The molecule has 1 unspecified atom stereocenters. The lowest BCUT2D eigenvalue weighted by molar-refractivity contribution is 0.0586. The van der Waals surface area contributed by atoms with Crippen LogP contribution in [-0.4, -0.2) is 0 Å². The van der Waals surface area contributed by atoms with Crippen molar-refractivity contribution in [1.29, 1.82) is 0 Å². The number of hydrogen-bond acceptors (Lipinski definition) is 0. The molecular formula is C23H36. The molecule has 3 rings (SSSR count). The van der Waals surface area contributed by atoms with Gasteiger partial charge in [0, 0.05) is 0 Å². The standard InChI is InChI=1S/C14H24.C9H12/c1-5-13(3)8-9-14(4,10-11(13)2)12-6-7-12;1-3-9-7-5-4-6-8(9)2/h5,11-12H,1,6-10H2,2-4H3;4-7H,3H2,1-2H3/t11?,13-,14-;/m0./s1. The van der Waals surface area contributed by atoms with Crippen molar-refractivity contribution >= 4 is 0 Å². The van der Waals surface area contributed by atoms with Crippen LogP contribution in [0.25, 0.3) is 0 Å². The molecule has 0 nitrogen and oxygen atoms in total. The third-order valence-electron chi connectivity index (χ3n) is 6.80. The minimum Gasteiger partial charge on any atom is -0.103 e. The monoisotopic (exact) mass is 312 g/mol. The van der Waals surface area contributed by atoms with E-state index in [9.17, 15) is 0 Å². The van der Waals surface area contributed by atoms with Crippen molar-refractivity contribution in [3.8, 4) is 0 Å². The highest BCUT2D eigenvalue weighted by molar-refractivity contribution is 5.25. The summed E-state index contributed by atoms with van der Waals surface area (Å²) >= 11 is 0. The summed E-state index contributed by atoms with van der Waals surface area (Å²) in [6.45, 7) is 15.7. The van der Waals surface area contributed by atoms with Gasteiger partial charge in [-0.3, -0.25) is 0 Å². The minimum absolute atomic E-state index is 0.411. The molecule has 0 saturated heterocycles. The highest BCUT2D eigenvalue weighted by Gasteiger charge is 2.48. The second kappa shape index (κ2) is 7.24. The van der Waals surface area contributed by atoms with Gasteiger partial charge in [-0.05, 0) is 79.2 Å². The summed E-state index contributed by atoms with van der Waals surface area (Å²) in [4.78, 5) is 0. The average Bonchev–Trinajstić information content (AvgIpc) is 3.38. The molecule has 2 aliphatic carbocycles. The molecular weight excluding hydrogens is 276 g/mol. The van der Waals surface area contributed by atoms with Gasteiger partial charge in [0.25, 0.3) is 0 Å². The SMILES string of the molecule is C=C[C@@]1(C)CC[C@](C)(C2CC2)CC1C.CCc1ccccc1C. The first-order valence-corrected chi connectivity index (χ1v) is 9.53. The normalized spacial score (nSPS) is 33.5. The highest BCUT2D eigenvalue weighted by Crippen LogP contribution is 2.58. The summed E-state index contributed by atoms with van der Waals surface area (Å²) in [5, 5.41) is 0. The fourth-order valence-electron chi connectivity index (χ4n) is 4.30. The van der Waals surface area contributed by atoms with E-state index in [1.54, 1.807) is 0 Å². The van der Waals surface area contributed by atoms with Crippen LogP contribution in [0.5, 0.6) is 0 Å². The molecule has 2 fully saturated rings. The molecule has 0 heterocycles. The molecule has 0 spiro atoms. The first-order chi connectivity index (χ1) is 10.8. The molecule has 128 valence electrons. The van der Waals surface area contributed by atoms with E-state index in [1.807, 2.05) is 0 Å². The van der Waals surface area contributed by atoms with Crippen LogP contribution in [0.15, 0.2) is 36.9 Å². The van der Waals surface area contributed by atoms with Gasteiger partial charge < -0.3 is 0 Å². The molecule has 2 saturated carbocycles. The number of allylic oxidation sites excluding steroid dienone is 1. The van der Waals surface area contributed by atoms with Crippen LogP contribution in [-0.2, 0) is 6.42 Å². The van der Waals surface area contributed by atoms with Crippen LogP contribution in [0.4, 0.5) is 0 Å². The molecule has 1 aromatic carbocycles. The van der Waals surface area contributed by atoms with Crippen molar-refractivity contribution in [3.05, 3.63) is 48.0 Å². The molecule has 0 N–H and O–H groups in total. The fraction of sp³-hybridized carbons (Fsp3) is 0.652. The van der Waals surface area contributed by atoms with Crippen LogP contribution < -0.4 is 0 Å². The Kier molecular flexibility index (Phi) is 5.76. The van der Waals surface area contributed by atoms with Crippen molar-refractivity contribution in [2.45, 2.75) is 73.1 Å². The summed E-state index contributed by atoms with van der Waals surface area (Å²) in [5.41, 5.74) is 3.94. The largest absolute Gasteiger partial charge is 0.103 e. The summed E-state index contributed by atoms with van der Waals surface area (Å²) in [7, 11) is 0. The quantitative estimate of drug-likeness (QED) is 0.528. The van der Waals surface area contributed by atoms with Crippen molar-refractivity contribution < 1.29 is 0 Å². The van der Waals surface area contributed by atoms with Gasteiger partial charge in [-0.2, -0.15) is 0 Å². The number of rotatable bonds is 3. The molecule has 2 aliphatic rings. The molecule has 0 radical (unpaired) electrons. The summed E-state index contributed by atoms with van der Waals surface area (Å²) in [6.07, 6.45) is 10.5. The summed E-state index contributed by atoms with van der Waals surface area (Å²) in [5.74, 6) is 1.87. The molecule has 0 amide bonds. The third kappa shape index (κ3) is 4.28. The molecule has 1 aromatic rings. The van der Waals surface area contributed by atoms with Gasteiger partial charge in [0.15, 0.2) is 0 Å². The lowest BCUT2D eigenvalue weighted by atomic mass is 9.58. The predicted octanol–water partition coefficient (Wildman–Crippen LogP) is 6.97. The topological polar surface area (TPSA) is 0 Å². The maximum atomic E-state index is 4.01. The highest BCUT2D eigenvalue weighted by atomic mass is 14.5. The second-order valence-electron chi connectivity index (χ2n) is 8.52. The zero-order valence-corrected chi connectivity index (χ0v) is 16.0. The summed E-state index contributed by atoms with van der Waals surface area (Å²) in [6, 6.07) is 8.49. The Balaban J connectivity index is 0.000000185. The Hall–Kier alpha value is -1.04. The Bertz CT molecular complexity index is 525. The van der Waals surface area contributed by atoms with Gasteiger partial charge in [-0.1, -0.05) is 58.0 Å². The van der Waals surface area contributed by atoms with E-state index < -0.39 is 0 Å². The van der Waals surface area contributed by atoms with Crippen LogP contribution in [0, 0.1) is 29.6 Å². The minimum atomic E-state index is 0.411. The van der Waals surface area contributed by atoms with Gasteiger partial charge in [-0.25, -0.2) is 0 Å². The Labute approximate surface area is 144 Å². The van der Waals surface area contributed by atoms with Crippen molar-refractivity contribution in [3.63, 3.8) is 0 Å². The van der Waals surface area contributed by atoms with E-state index in [1.165, 1.54) is 43.2 Å². The molecule has 0 bridgehead atoms. The fourth-order valence-corrected chi connectivity index (χ4v) is 4.30. The first-order valence-electron chi connectivity index (χ1n) is 9.53. The second-order valence-corrected chi connectivity index (χ2v) is 8.52. The zero-order valence-electron chi connectivity index (χ0n) is 16.0. The van der Waals surface area contributed by atoms with E-state index in [0.29, 0.717) is 10.8 Å². The Morgan fingerprint density at radius 3 is 2.26 bits per heavy atom. The van der Waals surface area contributed by atoms with Crippen LogP contribution >= 0.6 is 0 Å². The predicted molar refractivity (Wildman–Crippen MR) is 103 cm³/mol. The molecule has 0 heteroatoms.